The van der Waals surface area contributed by atoms with Crippen molar-refractivity contribution in [3.63, 3.8) is 0 Å². The highest BCUT2D eigenvalue weighted by Gasteiger charge is 2.20. The Morgan fingerprint density at radius 3 is 2.46 bits per heavy atom. The number of aromatic nitrogens is 1. The number of nitrogens with one attached hydrogen (secondary N) is 1. The second kappa shape index (κ2) is 9.64. The molecule has 1 saturated heterocycles. The molecule has 0 spiro atoms. The van der Waals surface area contributed by atoms with Crippen LogP contribution in [0.4, 0.5) is 5.82 Å². The van der Waals surface area contributed by atoms with E-state index in [1.807, 2.05) is 37.5 Å². The summed E-state index contributed by atoms with van der Waals surface area (Å²) < 4.78 is 11.7. The summed E-state index contributed by atoms with van der Waals surface area (Å²) in [6.07, 6.45) is 1.84. The van der Waals surface area contributed by atoms with Crippen LogP contribution in [0.15, 0.2) is 46.0 Å². The molecule has 0 saturated carbocycles. The van der Waals surface area contributed by atoms with Crippen LogP contribution >= 0.6 is 15.9 Å². The number of halogens is 1. The smallest absolute Gasteiger partial charge is 0.194 e. The van der Waals surface area contributed by atoms with Crippen molar-refractivity contribution in [1.29, 1.82) is 0 Å². The van der Waals surface area contributed by atoms with E-state index in [9.17, 15) is 0 Å². The van der Waals surface area contributed by atoms with Crippen molar-refractivity contribution in [1.82, 2.24) is 15.2 Å². The molecule has 0 bridgehead atoms. The molecule has 0 aliphatic carbocycles. The number of anilines is 1. The maximum absolute atomic E-state index is 5.41. The average Bonchev–Trinajstić information content (AvgIpc) is 2.75. The van der Waals surface area contributed by atoms with Crippen LogP contribution in [0.3, 0.4) is 0 Å². The Labute approximate surface area is 174 Å². The fourth-order valence-electron chi connectivity index (χ4n) is 3.23. The molecule has 3 rings (SSSR count). The van der Waals surface area contributed by atoms with Crippen molar-refractivity contribution in [3.8, 4) is 11.5 Å². The number of benzene rings is 1. The van der Waals surface area contributed by atoms with Crippen molar-refractivity contribution in [3.05, 3.63) is 46.6 Å². The highest BCUT2D eigenvalue weighted by atomic mass is 79.9. The van der Waals surface area contributed by atoms with Gasteiger partial charge in [0.2, 0.25) is 0 Å². The summed E-state index contributed by atoms with van der Waals surface area (Å²) in [5.74, 6) is 3.33. The molecule has 1 aliphatic heterocycles. The molecular formula is C20H26BrN5O2. The minimum atomic E-state index is 0.633. The number of methoxy groups -OCH3 is 2. The van der Waals surface area contributed by atoms with Crippen LogP contribution in [-0.2, 0) is 6.54 Å². The van der Waals surface area contributed by atoms with Gasteiger partial charge in [-0.25, -0.2) is 4.98 Å². The Morgan fingerprint density at radius 1 is 1.14 bits per heavy atom. The summed E-state index contributed by atoms with van der Waals surface area (Å²) in [7, 11) is 5.09. The van der Waals surface area contributed by atoms with Crippen LogP contribution in [-0.4, -0.2) is 63.3 Å². The number of pyridine rings is 1. The first-order valence-electron chi connectivity index (χ1n) is 9.18. The second-order valence-electron chi connectivity index (χ2n) is 6.36. The monoisotopic (exact) mass is 447 g/mol. The Morgan fingerprint density at radius 2 is 1.86 bits per heavy atom. The van der Waals surface area contributed by atoms with Gasteiger partial charge in [0.05, 0.1) is 14.2 Å². The van der Waals surface area contributed by atoms with E-state index in [4.69, 9.17) is 9.47 Å². The number of rotatable bonds is 5. The van der Waals surface area contributed by atoms with E-state index >= 15 is 0 Å². The zero-order chi connectivity index (χ0) is 19.9. The quantitative estimate of drug-likeness (QED) is 0.561. The number of aliphatic imine (C=N–C) groups is 1. The van der Waals surface area contributed by atoms with E-state index in [0.29, 0.717) is 18.0 Å². The van der Waals surface area contributed by atoms with Crippen LogP contribution in [0.1, 0.15) is 5.56 Å². The van der Waals surface area contributed by atoms with Gasteiger partial charge in [-0.2, -0.15) is 0 Å². The van der Waals surface area contributed by atoms with E-state index in [2.05, 4.69) is 47.1 Å². The van der Waals surface area contributed by atoms with Gasteiger partial charge in [-0.05, 0) is 29.8 Å². The molecule has 1 aromatic carbocycles. The largest absolute Gasteiger partial charge is 0.493 e. The lowest BCUT2D eigenvalue weighted by atomic mass is 10.2. The molecule has 0 radical (unpaired) electrons. The summed E-state index contributed by atoms with van der Waals surface area (Å²) in [6.45, 7) is 4.25. The molecule has 1 aliphatic rings. The fourth-order valence-corrected chi connectivity index (χ4v) is 3.69. The van der Waals surface area contributed by atoms with Gasteiger partial charge in [0.15, 0.2) is 17.5 Å². The maximum Gasteiger partial charge on any atom is 0.194 e. The van der Waals surface area contributed by atoms with Crippen molar-refractivity contribution in [2.75, 3.05) is 52.3 Å². The predicted molar refractivity (Wildman–Crippen MR) is 115 cm³/mol. The van der Waals surface area contributed by atoms with Crippen LogP contribution in [0, 0.1) is 0 Å². The van der Waals surface area contributed by atoms with Gasteiger partial charge in [0.1, 0.15) is 5.82 Å². The molecule has 7 nitrogen and oxygen atoms in total. The van der Waals surface area contributed by atoms with Gasteiger partial charge in [0, 0.05) is 50.4 Å². The maximum atomic E-state index is 5.41. The molecular weight excluding hydrogens is 422 g/mol. The number of piperazine rings is 1. The third-order valence-electron chi connectivity index (χ3n) is 4.75. The number of nitrogens with zero attached hydrogens (tertiary/aromatic N) is 4. The molecule has 2 aromatic rings. The molecule has 8 heteroatoms. The average molecular weight is 448 g/mol. The van der Waals surface area contributed by atoms with Crippen molar-refractivity contribution in [2.45, 2.75) is 6.54 Å². The predicted octanol–water partition coefficient (Wildman–Crippen LogP) is 2.76. The highest BCUT2D eigenvalue weighted by molar-refractivity contribution is 9.10. The summed E-state index contributed by atoms with van der Waals surface area (Å²) in [5.41, 5.74) is 1.07. The van der Waals surface area contributed by atoms with Crippen LogP contribution in [0.25, 0.3) is 0 Å². The molecule has 0 amide bonds. The first-order chi connectivity index (χ1) is 13.7. The van der Waals surface area contributed by atoms with Gasteiger partial charge >= 0.3 is 0 Å². The zero-order valence-corrected chi connectivity index (χ0v) is 18.1. The van der Waals surface area contributed by atoms with Crippen LogP contribution in [0.5, 0.6) is 11.5 Å². The van der Waals surface area contributed by atoms with Crippen LogP contribution < -0.4 is 19.7 Å². The molecule has 1 fully saturated rings. The highest BCUT2D eigenvalue weighted by Crippen LogP contribution is 2.33. The van der Waals surface area contributed by atoms with Gasteiger partial charge in [-0.1, -0.05) is 22.0 Å². The van der Waals surface area contributed by atoms with E-state index < -0.39 is 0 Å². The lowest BCUT2D eigenvalue weighted by Gasteiger charge is -2.37. The first kappa shape index (κ1) is 20.3. The van der Waals surface area contributed by atoms with Gasteiger partial charge in [-0.15, -0.1) is 0 Å². The normalized spacial score (nSPS) is 14.8. The third kappa shape index (κ3) is 4.67. The van der Waals surface area contributed by atoms with E-state index in [0.717, 1.165) is 48.0 Å². The molecule has 1 N–H and O–H groups in total. The number of hydrogen-bond donors (Lipinski definition) is 1. The van der Waals surface area contributed by atoms with Crippen molar-refractivity contribution in [2.24, 2.45) is 4.99 Å². The Kier molecular flexibility index (Phi) is 6.97. The van der Waals surface area contributed by atoms with Crippen molar-refractivity contribution < 1.29 is 9.47 Å². The molecule has 1 aromatic heterocycles. The second-order valence-corrected chi connectivity index (χ2v) is 7.22. The molecule has 28 heavy (non-hydrogen) atoms. The van der Waals surface area contributed by atoms with E-state index in [1.54, 1.807) is 14.2 Å². The topological polar surface area (TPSA) is 62.2 Å². The number of ether oxygens (including phenoxy) is 2. The minimum absolute atomic E-state index is 0.633. The van der Waals surface area contributed by atoms with Crippen molar-refractivity contribution >= 4 is 27.7 Å². The van der Waals surface area contributed by atoms with E-state index in [1.165, 1.54) is 0 Å². The Bertz CT molecular complexity index is 808. The number of guanidine groups is 1. The standard InChI is InChI=1S/C20H26BrN5O2/c1-22-20(24-14-15-12-17(27-2)18(28-3)13-16(15)21)26-10-8-25(9-11-26)19-6-4-5-7-23-19/h4-7,12-13H,8-11,14H2,1-3H3,(H,22,24). The molecule has 2 heterocycles. The van der Waals surface area contributed by atoms with E-state index in [-0.39, 0.29) is 0 Å². The minimum Gasteiger partial charge on any atom is -0.493 e. The fraction of sp³-hybridized carbons (Fsp3) is 0.400. The lowest BCUT2D eigenvalue weighted by molar-refractivity contribution is 0.354. The molecule has 0 unspecified atom stereocenters. The van der Waals surface area contributed by atoms with Crippen LogP contribution in [0.2, 0.25) is 0 Å². The first-order valence-corrected chi connectivity index (χ1v) is 9.97. The lowest BCUT2D eigenvalue weighted by Crippen LogP contribution is -2.52. The summed E-state index contributed by atoms with van der Waals surface area (Å²) in [4.78, 5) is 13.5. The van der Waals surface area contributed by atoms with Gasteiger partial charge < -0.3 is 24.6 Å². The molecule has 0 atom stereocenters. The van der Waals surface area contributed by atoms with Gasteiger partial charge in [-0.3, -0.25) is 4.99 Å². The zero-order valence-electron chi connectivity index (χ0n) is 16.5. The molecule has 150 valence electrons. The Hall–Kier alpha value is -2.48. The summed E-state index contributed by atoms with van der Waals surface area (Å²) >= 11 is 3.61. The Balaban J connectivity index is 1.60. The summed E-state index contributed by atoms with van der Waals surface area (Å²) in [6, 6.07) is 9.91. The SMILES string of the molecule is CN=C(NCc1cc(OC)c(OC)cc1Br)N1CCN(c2ccccn2)CC1. The number of hydrogen-bond acceptors (Lipinski definition) is 5. The third-order valence-corrected chi connectivity index (χ3v) is 5.49. The summed E-state index contributed by atoms with van der Waals surface area (Å²) in [5, 5.41) is 3.46. The van der Waals surface area contributed by atoms with Gasteiger partial charge in [0.25, 0.3) is 0 Å².